The zero-order valence-electron chi connectivity index (χ0n) is 28.9. The average Bonchev–Trinajstić information content (AvgIpc) is 3.65. The molecule has 244 valence electrons. The first kappa shape index (κ1) is 29.2. The lowest BCUT2D eigenvalue weighted by atomic mass is 9.81. The highest BCUT2D eigenvalue weighted by Gasteiger charge is 2.35. The molecule has 11 rings (SSSR count). The lowest BCUT2D eigenvalue weighted by Gasteiger charge is -2.21. The Labute approximate surface area is 301 Å². The zero-order chi connectivity index (χ0) is 34.6. The van der Waals surface area contributed by atoms with E-state index in [4.69, 9.17) is 9.97 Å². The van der Waals surface area contributed by atoms with Gasteiger partial charge in [0.1, 0.15) is 0 Å². The average molecular weight is 664 g/mol. The summed E-state index contributed by atoms with van der Waals surface area (Å²) in [5.74, 6) is 0.667. The number of para-hydroxylation sites is 1. The molecule has 0 amide bonds. The molecule has 0 N–H and O–H groups in total. The third kappa shape index (κ3) is 4.08. The molecule has 1 aliphatic rings. The Kier molecular flexibility index (Phi) is 6.01. The van der Waals surface area contributed by atoms with Gasteiger partial charge in [-0.15, -0.1) is 0 Å². The van der Waals surface area contributed by atoms with Crippen LogP contribution in [0.2, 0.25) is 0 Å². The second-order valence-corrected chi connectivity index (χ2v) is 14.6. The van der Waals surface area contributed by atoms with Crippen molar-refractivity contribution in [3.63, 3.8) is 0 Å². The van der Waals surface area contributed by atoms with Crippen LogP contribution in [0.5, 0.6) is 0 Å². The minimum absolute atomic E-state index is 0.0459. The van der Waals surface area contributed by atoms with Crippen molar-refractivity contribution in [1.82, 2.24) is 14.5 Å². The second kappa shape index (κ2) is 10.7. The molecule has 0 atom stereocenters. The third-order valence-electron chi connectivity index (χ3n) is 11.4. The molecule has 0 saturated heterocycles. The maximum absolute atomic E-state index is 5.43. The summed E-state index contributed by atoms with van der Waals surface area (Å²) >= 11 is 0. The summed E-state index contributed by atoms with van der Waals surface area (Å²) in [7, 11) is 0. The van der Waals surface area contributed by atoms with Crippen LogP contribution < -0.4 is 0 Å². The van der Waals surface area contributed by atoms with Crippen molar-refractivity contribution in [2.24, 2.45) is 0 Å². The van der Waals surface area contributed by atoms with Crippen molar-refractivity contribution in [3.8, 4) is 39.5 Å². The molecule has 3 nitrogen and oxygen atoms in total. The van der Waals surface area contributed by atoms with E-state index < -0.39 is 0 Å². The van der Waals surface area contributed by atoms with Gasteiger partial charge in [0.25, 0.3) is 0 Å². The van der Waals surface area contributed by atoms with Gasteiger partial charge in [-0.1, -0.05) is 147 Å². The molecule has 0 saturated carbocycles. The van der Waals surface area contributed by atoms with Gasteiger partial charge in [-0.25, -0.2) is 9.97 Å². The molecule has 2 aromatic heterocycles. The molecule has 52 heavy (non-hydrogen) atoms. The van der Waals surface area contributed by atoms with Gasteiger partial charge in [-0.2, -0.15) is 0 Å². The van der Waals surface area contributed by atoms with Crippen LogP contribution in [0.25, 0.3) is 93.7 Å². The number of rotatable bonds is 3. The highest BCUT2D eigenvalue weighted by atomic mass is 15.2. The van der Waals surface area contributed by atoms with Gasteiger partial charge in [0.15, 0.2) is 0 Å². The van der Waals surface area contributed by atoms with E-state index in [0.29, 0.717) is 5.95 Å². The van der Waals surface area contributed by atoms with Crippen LogP contribution in [0.1, 0.15) is 25.0 Å². The second-order valence-electron chi connectivity index (χ2n) is 14.6. The molecule has 1 aliphatic carbocycles. The molecule has 0 unspecified atom stereocenters. The molecule has 0 radical (unpaired) electrons. The van der Waals surface area contributed by atoms with Crippen LogP contribution in [-0.2, 0) is 5.41 Å². The van der Waals surface area contributed by atoms with Crippen molar-refractivity contribution in [2.45, 2.75) is 19.3 Å². The van der Waals surface area contributed by atoms with E-state index in [1.165, 1.54) is 54.6 Å². The molecule has 0 aliphatic heterocycles. The number of nitrogens with zero attached hydrogens (tertiary/aromatic N) is 3. The topological polar surface area (TPSA) is 30.7 Å². The normalized spacial score (nSPS) is 13.3. The van der Waals surface area contributed by atoms with Gasteiger partial charge in [0.2, 0.25) is 5.95 Å². The number of hydrogen-bond acceptors (Lipinski definition) is 2. The Morgan fingerprint density at radius 1 is 0.442 bits per heavy atom. The molecule has 10 aromatic rings. The van der Waals surface area contributed by atoms with E-state index >= 15 is 0 Å². The fraction of sp³-hybridized carbons (Fsp3) is 0.0612. The van der Waals surface area contributed by atoms with Gasteiger partial charge in [0, 0.05) is 32.5 Å². The van der Waals surface area contributed by atoms with E-state index in [1.54, 1.807) is 0 Å². The zero-order valence-corrected chi connectivity index (χ0v) is 28.9. The predicted octanol–water partition coefficient (Wildman–Crippen LogP) is 12.7. The fourth-order valence-corrected chi connectivity index (χ4v) is 8.85. The highest BCUT2D eigenvalue weighted by molar-refractivity contribution is 6.23. The molecule has 0 spiro atoms. The minimum atomic E-state index is -0.0459. The number of benzene rings is 8. The smallest absolute Gasteiger partial charge is 0.235 e. The SMILES string of the molecule is CC1(C)c2ccccc2-c2cc3c(ccc4c3ccc3c5ccccc5n(-c5nc(-c6ccccc6)c6ccc(-c7ccccc7)cc6n5)c43)cc21. The Morgan fingerprint density at radius 3 is 1.96 bits per heavy atom. The number of aromatic nitrogens is 3. The van der Waals surface area contributed by atoms with Gasteiger partial charge in [-0.05, 0) is 79.9 Å². The van der Waals surface area contributed by atoms with Gasteiger partial charge in [-0.3, -0.25) is 4.57 Å². The first-order chi connectivity index (χ1) is 25.5. The number of hydrogen-bond donors (Lipinski definition) is 0. The fourth-order valence-electron chi connectivity index (χ4n) is 8.85. The van der Waals surface area contributed by atoms with Crippen LogP contribution >= 0.6 is 0 Å². The molecular weight excluding hydrogens is 631 g/mol. The van der Waals surface area contributed by atoms with E-state index in [1.807, 2.05) is 0 Å². The Hall–Kier alpha value is -6.58. The van der Waals surface area contributed by atoms with Crippen LogP contribution in [0.3, 0.4) is 0 Å². The molecule has 3 heteroatoms. The van der Waals surface area contributed by atoms with E-state index in [0.717, 1.165) is 44.3 Å². The first-order valence-electron chi connectivity index (χ1n) is 18.0. The maximum Gasteiger partial charge on any atom is 0.235 e. The van der Waals surface area contributed by atoms with Crippen molar-refractivity contribution < 1.29 is 0 Å². The van der Waals surface area contributed by atoms with Crippen LogP contribution in [0.15, 0.2) is 164 Å². The van der Waals surface area contributed by atoms with Gasteiger partial charge < -0.3 is 0 Å². The minimum Gasteiger partial charge on any atom is -0.277 e. The lowest BCUT2D eigenvalue weighted by molar-refractivity contribution is 0.661. The molecule has 2 heterocycles. The lowest BCUT2D eigenvalue weighted by Crippen LogP contribution is -2.14. The highest BCUT2D eigenvalue weighted by Crippen LogP contribution is 2.50. The van der Waals surface area contributed by atoms with Crippen molar-refractivity contribution in [1.29, 1.82) is 0 Å². The number of fused-ring (bicyclic) bond motifs is 11. The van der Waals surface area contributed by atoms with Crippen molar-refractivity contribution in [2.75, 3.05) is 0 Å². The van der Waals surface area contributed by atoms with Gasteiger partial charge in [0.05, 0.1) is 22.2 Å². The molecule has 0 bridgehead atoms. The molecule has 0 fully saturated rings. The molecule has 8 aromatic carbocycles. The standard InChI is InChI=1S/C49H33N3/c1-49(2)42-19-11-9-17-35(42)41-29-40-33(27-43(41)49)22-23-37-34(40)25-26-38-36-18-10-12-20-45(36)52(47(37)38)48-50-44-28-32(30-13-5-3-6-14-30)21-24-39(44)46(51-48)31-15-7-4-8-16-31/h3-29H,1-2H3. The Morgan fingerprint density at radius 2 is 1.12 bits per heavy atom. The Balaban J connectivity index is 1.23. The van der Waals surface area contributed by atoms with Gasteiger partial charge >= 0.3 is 0 Å². The van der Waals surface area contributed by atoms with Crippen LogP contribution in [-0.4, -0.2) is 14.5 Å². The Bertz CT molecular complexity index is 3080. The van der Waals surface area contributed by atoms with E-state index in [9.17, 15) is 0 Å². The van der Waals surface area contributed by atoms with Crippen molar-refractivity contribution in [3.05, 3.63) is 175 Å². The first-order valence-corrected chi connectivity index (χ1v) is 18.0. The quantitative estimate of drug-likeness (QED) is 0.176. The summed E-state index contributed by atoms with van der Waals surface area (Å²) in [5.41, 5.74) is 12.8. The summed E-state index contributed by atoms with van der Waals surface area (Å²) in [5, 5.41) is 8.35. The largest absolute Gasteiger partial charge is 0.277 e. The van der Waals surface area contributed by atoms with E-state index in [-0.39, 0.29) is 5.41 Å². The van der Waals surface area contributed by atoms with Crippen LogP contribution in [0, 0.1) is 0 Å². The van der Waals surface area contributed by atoms with Crippen molar-refractivity contribution >= 4 is 54.3 Å². The summed E-state index contributed by atoms with van der Waals surface area (Å²) < 4.78 is 2.30. The van der Waals surface area contributed by atoms with E-state index in [2.05, 4.69) is 182 Å². The van der Waals surface area contributed by atoms with Crippen LogP contribution in [0.4, 0.5) is 0 Å². The summed E-state index contributed by atoms with van der Waals surface area (Å²) in [6, 6.07) is 59.2. The monoisotopic (exact) mass is 663 g/mol. The summed E-state index contributed by atoms with van der Waals surface area (Å²) in [6.45, 7) is 4.70. The summed E-state index contributed by atoms with van der Waals surface area (Å²) in [4.78, 5) is 10.8. The predicted molar refractivity (Wildman–Crippen MR) is 217 cm³/mol. The summed E-state index contributed by atoms with van der Waals surface area (Å²) in [6.07, 6.45) is 0. The molecular formula is C49H33N3. The third-order valence-corrected chi connectivity index (χ3v) is 11.4. The maximum atomic E-state index is 5.43.